The molecule has 0 aromatic carbocycles. The standard InChI is InChI=1S/C8H10F3NOS/c1-5(2)7-12-3-6(14-7)13-4-8(9,10)11/h3,5H,4H2,1-2H3. The van der Waals surface area contributed by atoms with Crippen LogP contribution in [0.4, 0.5) is 13.2 Å². The summed E-state index contributed by atoms with van der Waals surface area (Å²) in [6.45, 7) is 2.59. The van der Waals surface area contributed by atoms with E-state index < -0.39 is 12.8 Å². The van der Waals surface area contributed by atoms with Crippen molar-refractivity contribution in [3.05, 3.63) is 11.2 Å². The quantitative estimate of drug-likeness (QED) is 0.788. The molecular formula is C8H10F3NOS. The minimum absolute atomic E-state index is 0.211. The summed E-state index contributed by atoms with van der Waals surface area (Å²) in [5.41, 5.74) is 0. The molecule has 0 saturated heterocycles. The predicted octanol–water partition coefficient (Wildman–Crippen LogP) is 3.21. The third kappa shape index (κ3) is 3.53. The van der Waals surface area contributed by atoms with Crippen LogP contribution in [0.3, 0.4) is 0 Å². The molecule has 0 unspecified atom stereocenters. The number of rotatable bonds is 3. The first kappa shape index (κ1) is 11.3. The van der Waals surface area contributed by atoms with Crippen molar-refractivity contribution in [2.45, 2.75) is 25.9 Å². The van der Waals surface area contributed by atoms with Gasteiger partial charge in [-0.15, -0.1) is 0 Å². The molecule has 1 rings (SSSR count). The van der Waals surface area contributed by atoms with Gasteiger partial charge in [0.25, 0.3) is 0 Å². The Bertz CT molecular complexity index is 295. The van der Waals surface area contributed by atoms with E-state index in [9.17, 15) is 13.2 Å². The second kappa shape index (κ2) is 4.16. The van der Waals surface area contributed by atoms with Gasteiger partial charge in [0.15, 0.2) is 11.7 Å². The second-order valence-corrected chi connectivity index (χ2v) is 4.10. The van der Waals surface area contributed by atoms with Crippen molar-refractivity contribution in [3.63, 3.8) is 0 Å². The highest BCUT2D eigenvalue weighted by atomic mass is 32.1. The van der Waals surface area contributed by atoms with Crippen LogP contribution in [0.15, 0.2) is 6.20 Å². The Morgan fingerprint density at radius 1 is 1.50 bits per heavy atom. The Morgan fingerprint density at radius 2 is 2.14 bits per heavy atom. The third-order valence-electron chi connectivity index (χ3n) is 1.37. The van der Waals surface area contributed by atoms with E-state index in [1.807, 2.05) is 13.8 Å². The molecule has 6 heteroatoms. The van der Waals surface area contributed by atoms with E-state index in [4.69, 9.17) is 0 Å². The van der Waals surface area contributed by atoms with Crippen molar-refractivity contribution in [3.8, 4) is 5.06 Å². The van der Waals surface area contributed by atoms with Crippen LogP contribution < -0.4 is 4.74 Å². The van der Waals surface area contributed by atoms with Crippen LogP contribution in [0, 0.1) is 0 Å². The van der Waals surface area contributed by atoms with Crippen LogP contribution in [0.5, 0.6) is 5.06 Å². The number of alkyl halides is 3. The molecule has 0 atom stereocenters. The van der Waals surface area contributed by atoms with Crippen LogP contribution >= 0.6 is 11.3 Å². The van der Waals surface area contributed by atoms with E-state index in [1.165, 1.54) is 6.20 Å². The van der Waals surface area contributed by atoms with E-state index in [2.05, 4.69) is 9.72 Å². The van der Waals surface area contributed by atoms with Gasteiger partial charge >= 0.3 is 6.18 Å². The molecule has 0 radical (unpaired) electrons. The zero-order valence-electron chi connectivity index (χ0n) is 7.76. The van der Waals surface area contributed by atoms with Gasteiger partial charge in [0.2, 0.25) is 0 Å². The number of aromatic nitrogens is 1. The van der Waals surface area contributed by atoms with Crippen molar-refractivity contribution in [1.82, 2.24) is 4.98 Å². The fraction of sp³-hybridized carbons (Fsp3) is 0.625. The topological polar surface area (TPSA) is 22.1 Å². The van der Waals surface area contributed by atoms with Crippen LogP contribution in [0.1, 0.15) is 24.8 Å². The largest absolute Gasteiger partial charge is 0.473 e. The highest BCUT2D eigenvalue weighted by molar-refractivity contribution is 7.13. The zero-order valence-corrected chi connectivity index (χ0v) is 8.58. The lowest BCUT2D eigenvalue weighted by Crippen LogP contribution is -2.18. The first-order valence-electron chi connectivity index (χ1n) is 4.04. The van der Waals surface area contributed by atoms with Gasteiger partial charge in [0.1, 0.15) is 0 Å². The molecule has 2 nitrogen and oxygen atoms in total. The number of nitrogens with zero attached hydrogens (tertiary/aromatic N) is 1. The summed E-state index contributed by atoms with van der Waals surface area (Å²) in [7, 11) is 0. The van der Waals surface area contributed by atoms with Gasteiger partial charge in [-0.25, -0.2) is 4.98 Å². The zero-order chi connectivity index (χ0) is 10.8. The van der Waals surface area contributed by atoms with Crippen LogP contribution in [-0.4, -0.2) is 17.8 Å². The van der Waals surface area contributed by atoms with Crippen molar-refractivity contribution >= 4 is 11.3 Å². The van der Waals surface area contributed by atoms with Gasteiger partial charge in [-0.1, -0.05) is 25.2 Å². The van der Waals surface area contributed by atoms with Crippen molar-refractivity contribution in [2.24, 2.45) is 0 Å². The van der Waals surface area contributed by atoms with Crippen molar-refractivity contribution < 1.29 is 17.9 Å². The summed E-state index contributed by atoms with van der Waals surface area (Å²) in [6, 6.07) is 0. The Kier molecular flexibility index (Phi) is 3.36. The average Bonchev–Trinajstić information content (AvgIpc) is 2.47. The van der Waals surface area contributed by atoms with Crippen LogP contribution in [0.2, 0.25) is 0 Å². The maximum Gasteiger partial charge on any atom is 0.422 e. The lowest BCUT2D eigenvalue weighted by atomic mass is 10.2. The molecule has 0 bridgehead atoms. The normalized spacial score (nSPS) is 12.1. The summed E-state index contributed by atoms with van der Waals surface area (Å²) in [5, 5.41) is 0.994. The molecule has 0 amide bonds. The van der Waals surface area contributed by atoms with E-state index in [-0.39, 0.29) is 11.0 Å². The lowest BCUT2D eigenvalue weighted by Gasteiger charge is -2.05. The highest BCUT2D eigenvalue weighted by Crippen LogP contribution is 2.28. The molecule has 0 aliphatic carbocycles. The molecule has 0 N–H and O–H groups in total. The van der Waals surface area contributed by atoms with E-state index in [1.54, 1.807) is 0 Å². The van der Waals surface area contributed by atoms with Gasteiger partial charge in [-0.3, -0.25) is 0 Å². The molecule has 1 aromatic rings. The fourth-order valence-electron chi connectivity index (χ4n) is 0.759. The molecule has 1 heterocycles. The van der Waals surface area contributed by atoms with Gasteiger partial charge in [-0.05, 0) is 0 Å². The molecule has 0 aliphatic rings. The average molecular weight is 225 g/mol. The van der Waals surface area contributed by atoms with Crippen molar-refractivity contribution in [1.29, 1.82) is 0 Å². The predicted molar refractivity (Wildman–Crippen MR) is 47.8 cm³/mol. The summed E-state index contributed by atoms with van der Waals surface area (Å²) in [6.07, 6.45) is -2.96. The lowest BCUT2D eigenvalue weighted by molar-refractivity contribution is -0.152. The van der Waals surface area contributed by atoms with Gasteiger partial charge < -0.3 is 4.74 Å². The summed E-state index contributed by atoms with van der Waals surface area (Å²) in [4.78, 5) is 3.94. The molecule has 80 valence electrons. The number of hydrogen-bond donors (Lipinski definition) is 0. The van der Waals surface area contributed by atoms with Crippen LogP contribution in [0.25, 0.3) is 0 Å². The van der Waals surface area contributed by atoms with Gasteiger partial charge in [0, 0.05) is 5.92 Å². The molecular weight excluding hydrogens is 215 g/mol. The molecule has 0 spiro atoms. The monoisotopic (exact) mass is 225 g/mol. The Labute approximate surface area is 83.7 Å². The number of thiazole rings is 1. The third-order valence-corrected chi connectivity index (χ3v) is 2.58. The minimum Gasteiger partial charge on any atom is -0.473 e. The fourth-order valence-corrected chi connectivity index (χ4v) is 1.53. The van der Waals surface area contributed by atoms with E-state index in [0.717, 1.165) is 16.3 Å². The maximum atomic E-state index is 11.8. The Balaban J connectivity index is 2.52. The van der Waals surface area contributed by atoms with Crippen LogP contribution in [-0.2, 0) is 0 Å². The van der Waals surface area contributed by atoms with Gasteiger partial charge in [0.05, 0.1) is 11.2 Å². The summed E-state index contributed by atoms with van der Waals surface area (Å²) < 4.78 is 39.8. The number of ether oxygens (including phenoxy) is 1. The molecule has 0 aliphatic heterocycles. The van der Waals surface area contributed by atoms with Gasteiger partial charge in [-0.2, -0.15) is 13.2 Å². The maximum absolute atomic E-state index is 11.8. The SMILES string of the molecule is CC(C)c1ncc(OCC(F)(F)F)s1. The summed E-state index contributed by atoms with van der Waals surface area (Å²) in [5.74, 6) is 0.211. The Hall–Kier alpha value is -0.780. The van der Waals surface area contributed by atoms with E-state index in [0.29, 0.717) is 0 Å². The molecule has 0 saturated carbocycles. The Morgan fingerprint density at radius 3 is 2.57 bits per heavy atom. The minimum atomic E-state index is -4.29. The first-order chi connectivity index (χ1) is 6.38. The number of halogens is 3. The first-order valence-corrected chi connectivity index (χ1v) is 4.85. The summed E-state index contributed by atoms with van der Waals surface area (Å²) >= 11 is 1.15. The number of hydrogen-bond acceptors (Lipinski definition) is 3. The highest BCUT2D eigenvalue weighted by Gasteiger charge is 2.28. The van der Waals surface area contributed by atoms with E-state index >= 15 is 0 Å². The van der Waals surface area contributed by atoms with Crippen molar-refractivity contribution in [2.75, 3.05) is 6.61 Å². The molecule has 14 heavy (non-hydrogen) atoms. The second-order valence-electron chi connectivity index (χ2n) is 3.08. The molecule has 1 aromatic heterocycles. The smallest absolute Gasteiger partial charge is 0.422 e. The molecule has 0 fully saturated rings.